The van der Waals surface area contributed by atoms with E-state index >= 15 is 0 Å². The highest BCUT2D eigenvalue weighted by Gasteiger charge is 2.28. The maximum absolute atomic E-state index is 12.3. The first-order valence-electron chi connectivity index (χ1n) is 6.35. The summed E-state index contributed by atoms with van der Waals surface area (Å²) in [6.07, 6.45) is 2.45. The van der Waals surface area contributed by atoms with Crippen molar-refractivity contribution in [2.75, 3.05) is 44.1 Å². The Hall–Kier alpha value is -0.310. The second kappa shape index (κ2) is 8.08. The molecule has 0 saturated carbocycles. The summed E-state index contributed by atoms with van der Waals surface area (Å²) in [6, 6.07) is -0.657. The number of hydrogen-bond acceptors (Lipinski definition) is 5. The van der Waals surface area contributed by atoms with Gasteiger partial charge in [0.15, 0.2) is 0 Å². The molecule has 6 nitrogen and oxygen atoms in total. The highest BCUT2D eigenvalue weighted by molar-refractivity contribution is 7.98. The number of carbonyl (C=O) groups excluding carboxylic acids is 1. The van der Waals surface area contributed by atoms with Crippen LogP contribution in [-0.2, 0) is 19.6 Å². The van der Waals surface area contributed by atoms with Crippen molar-refractivity contribution in [3.05, 3.63) is 0 Å². The van der Waals surface area contributed by atoms with Crippen LogP contribution in [0.3, 0.4) is 0 Å². The van der Waals surface area contributed by atoms with Gasteiger partial charge in [0.1, 0.15) is 6.04 Å². The molecule has 8 heteroatoms. The molecule has 0 bridgehead atoms. The summed E-state index contributed by atoms with van der Waals surface area (Å²) in [5, 5.41) is 0. The molecule has 0 aromatic rings. The van der Waals surface area contributed by atoms with E-state index < -0.39 is 16.1 Å². The number of carbonyl (C=O) groups is 1. The number of ether oxygens (including phenoxy) is 1. The van der Waals surface area contributed by atoms with E-state index in [0.717, 1.165) is 5.75 Å². The maximum Gasteiger partial charge on any atom is 0.240 e. The standard InChI is InChI=1S/C11H22N2O4S2/c1-3-19(15,16)12-10(4-9-18-2)11(14)13-5-7-17-8-6-13/h10,12H,3-9H2,1-2H3. The Bertz CT molecular complexity index is 380. The van der Waals surface area contributed by atoms with E-state index in [-0.39, 0.29) is 11.7 Å². The van der Waals surface area contributed by atoms with Crippen molar-refractivity contribution in [1.82, 2.24) is 9.62 Å². The quantitative estimate of drug-likeness (QED) is 0.711. The number of amides is 1. The molecule has 0 aromatic carbocycles. The third kappa shape index (κ3) is 5.68. The molecule has 0 spiro atoms. The zero-order chi connectivity index (χ0) is 14.3. The summed E-state index contributed by atoms with van der Waals surface area (Å²) in [5.74, 6) is 0.584. The number of sulfonamides is 1. The second-order valence-electron chi connectivity index (χ2n) is 4.29. The Labute approximate surface area is 119 Å². The highest BCUT2D eigenvalue weighted by Crippen LogP contribution is 2.08. The Morgan fingerprint density at radius 3 is 2.58 bits per heavy atom. The van der Waals surface area contributed by atoms with Gasteiger partial charge in [-0.15, -0.1) is 0 Å². The molecule has 1 fully saturated rings. The van der Waals surface area contributed by atoms with E-state index in [1.54, 1.807) is 23.6 Å². The van der Waals surface area contributed by atoms with Gasteiger partial charge in [0, 0.05) is 13.1 Å². The average Bonchev–Trinajstić information content (AvgIpc) is 2.43. The van der Waals surface area contributed by atoms with E-state index in [1.165, 1.54) is 0 Å². The Morgan fingerprint density at radius 2 is 2.05 bits per heavy atom. The molecule has 1 heterocycles. The summed E-state index contributed by atoms with van der Waals surface area (Å²) in [6.45, 7) is 3.65. The van der Waals surface area contributed by atoms with E-state index in [4.69, 9.17) is 4.74 Å². The third-order valence-corrected chi connectivity index (χ3v) is 4.98. The SMILES string of the molecule is CCS(=O)(=O)NC(CCSC)C(=O)N1CCOCC1. The van der Waals surface area contributed by atoms with E-state index in [1.807, 2.05) is 6.26 Å². The lowest BCUT2D eigenvalue weighted by Gasteiger charge is -2.30. The van der Waals surface area contributed by atoms with E-state index in [0.29, 0.717) is 32.7 Å². The minimum Gasteiger partial charge on any atom is -0.378 e. The Morgan fingerprint density at radius 1 is 1.42 bits per heavy atom. The molecule has 1 aliphatic rings. The van der Waals surface area contributed by atoms with Crippen LogP contribution in [0.2, 0.25) is 0 Å². The number of nitrogens with zero attached hydrogens (tertiary/aromatic N) is 1. The molecule has 0 aliphatic carbocycles. The molecule has 1 rings (SSSR count). The van der Waals surface area contributed by atoms with Gasteiger partial charge < -0.3 is 9.64 Å². The third-order valence-electron chi connectivity index (χ3n) is 2.93. The van der Waals surface area contributed by atoms with Crippen LogP contribution in [-0.4, -0.2) is 69.3 Å². The smallest absolute Gasteiger partial charge is 0.240 e. The molecular formula is C11H22N2O4S2. The fraction of sp³-hybridized carbons (Fsp3) is 0.909. The van der Waals surface area contributed by atoms with Crippen LogP contribution in [0.1, 0.15) is 13.3 Å². The van der Waals surface area contributed by atoms with Gasteiger partial charge in [0.2, 0.25) is 15.9 Å². The predicted molar refractivity (Wildman–Crippen MR) is 76.8 cm³/mol. The van der Waals surface area contributed by atoms with Crippen LogP contribution < -0.4 is 4.72 Å². The molecule has 1 amide bonds. The monoisotopic (exact) mass is 310 g/mol. The minimum absolute atomic E-state index is 0.0147. The lowest BCUT2D eigenvalue weighted by molar-refractivity contribution is -0.137. The maximum atomic E-state index is 12.3. The van der Waals surface area contributed by atoms with Crippen molar-refractivity contribution in [2.24, 2.45) is 0 Å². The second-order valence-corrected chi connectivity index (χ2v) is 7.32. The van der Waals surface area contributed by atoms with Gasteiger partial charge in [0.05, 0.1) is 19.0 Å². The minimum atomic E-state index is -3.37. The number of morpholine rings is 1. The lowest BCUT2D eigenvalue weighted by Crippen LogP contribution is -2.52. The van der Waals surface area contributed by atoms with Gasteiger partial charge in [-0.3, -0.25) is 4.79 Å². The normalized spacial score (nSPS) is 18.3. The number of thioether (sulfide) groups is 1. The van der Waals surface area contributed by atoms with Gasteiger partial charge in [-0.25, -0.2) is 13.1 Å². The highest BCUT2D eigenvalue weighted by atomic mass is 32.2. The first-order valence-corrected chi connectivity index (χ1v) is 9.40. The molecule has 1 atom stereocenters. The van der Waals surface area contributed by atoms with Crippen LogP contribution in [0.15, 0.2) is 0 Å². The van der Waals surface area contributed by atoms with Crippen LogP contribution in [0.5, 0.6) is 0 Å². The van der Waals surface area contributed by atoms with E-state index in [2.05, 4.69) is 4.72 Å². The average molecular weight is 310 g/mol. The summed E-state index contributed by atoms with van der Waals surface area (Å²) in [4.78, 5) is 14.0. The van der Waals surface area contributed by atoms with Gasteiger partial charge >= 0.3 is 0 Å². The fourth-order valence-electron chi connectivity index (χ4n) is 1.77. The first-order chi connectivity index (χ1) is 9.00. The summed E-state index contributed by atoms with van der Waals surface area (Å²) in [7, 11) is -3.37. The summed E-state index contributed by atoms with van der Waals surface area (Å²) < 4.78 is 31.0. The summed E-state index contributed by atoms with van der Waals surface area (Å²) >= 11 is 1.60. The van der Waals surface area contributed by atoms with Crippen LogP contribution in [0, 0.1) is 0 Å². The van der Waals surface area contributed by atoms with Gasteiger partial charge in [0.25, 0.3) is 0 Å². The van der Waals surface area contributed by atoms with Crippen molar-refractivity contribution in [2.45, 2.75) is 19.4 Å². The lowest BCUT2D eigenvalue weighted by atomic mass is 10.2. The van der Waals surface area contributed by atoms with Crippen molar-refractivity contribution in [3.63, 3.8) is 0 Å². The number of rotatable bonds is 7. The Kier molecular flexibility index (Phi) is 7.12. The fourth-order valence-corrected chi connectivity index (χ4v) is 3.06. The van der Waals surface area contributed by atoms with Crippen molar-refractivity contribution >= 4 is 27.7 Å². The van der Waals surface area contributed by atoms with Crippen LogP contribution in [0.25, 0.3) is 0 Å². The molecule has 112 valence electrons. The molecule has 1 unspecified atom stereocenters. The number of hydrogen-bond donors (Lipinski definition) is 1. The molecule has 0 radical (unpaired) electrons. The molecule has 0 aromatic heterocycles. The number of nitrogens with one attached hydrogen (secondary N) is 1. The van der Waals surface area contributed by atoms with Crippen molar-refractivity contribution in [3.8, 4) is 0 Å². The molecule has 1 aliphatic heterocycles. The van der Waals surface area contributed by atoms with Crippen LogP contribution in [0.4, 0.5) is 0 Å². The van der Waals surface area contributed by atoms with Gasteiger partial charge in [-0.2, -0.15) is 11.8 Å². The first kappa shape index (κ1) is 16.7. The largest absolute Gasteiger partial charge is 0.378 e. The van der Waals surface area contributed by atoms with Crippen LogP contribution >= 0.6 is 11.8 Å². The summed E-state index contributed by atoms with van der Waals surface area (Å²) in [5.41, 5.74) is 0. The van der Waals surface area contributed by atoms with E-state index in [9.17, 15) is 13.2 Å². The molecule has 1 N–H and O–H groups in total. The van der Waals surface area contributed by atoms with Gasteiger partial charge in [-0.05, 0) is 25.4 Å². The zero-order valence-corrected chi connectivity index (χ0v) is 13.1. The Balaban J connectivity index is 2.68. The van der Waals surface area contributed by atoms with Crippen molar-refractivity contribution < 1.29 is 17.9 Å². The molecule has 1 saturated heterocycles. The zero-order valence-electron chi connectivity index (χ0n) is 11.4. The van der Waals surface area contributed by atoms with Crippen molar-refractivity contribution in [1.29, 1.82) is 0 Å². The van der Waals surface area contributed by atoms with Gasteiger partial charge in [-0.1, -0.05) is 0 Å². The predicted octanol–water partition coefficient (Wildman–Crippen LogP) is -0.0938. The molecule has 19 heavy (non-hydrogen) atoms. The molecular weight excluding hydrogens is 288 g/mol. The topological polar surface area (TPSA) is 75.7 Å².